The molecule has 0 aliphatic carbocycles. The van der Waals surface area contributed by atoms with Gasteiger partial charge in [-0.2, -0.15) is 0 Å². The van der Waals surface area contributed by atoms with E-state index in [1.54, 1.807) is 11.3 Å². The Labute approximate surface area is 183 Å². The quantitative estimate of drug-likeness (QED) is 0.292. The van der Waals surface area contributed by atoms with Gasteiger partial charge in [0.05, 0.1) is 0 Å². The molecule has 2 aromatic heterocycles. The minimum Gasteiger partial charge on any atom is -0.303 e. The molecule has 3 aromatic carbocycles. The van der Waals surface area contributed by atoms with Crippen molar-refractivity contribution in [2.75, 3.05) is 19.6 Å². The van der Waals surface area contributed by atoms with Crippen LogP contribution in [0.4, 0.5) is 0 Å². The number of rotatable bonds is 4. The molecule has 0 amide bonds. The summed E-state index contributed by atoms with van der Waals surface area (Å²) in [4.78, 5) is 29.2. The second-order valence-electron chi connectivity index (χ2n) is 8.64. The molecule has 0 atom stereocenters. The predicted octanol–water partition coefficient (Wildman–Crippen LogP) is 5.20. The van der Waals surface area contributed by atoms with Crippen molar-refractivity contribution in [3.05, 3.63) is 69.2 Å². The zero-order chi connectivity index (χ0) is 20.9. The van der Waals surface area contributed by atoms with E-state index < -0.39 is 0 Å². The van der Waals surface area contributed by atoms with Crippen LogP contribution in [0, 0.1) is 0 Å². The minimum absolute atomic E-state index is 0.149. The lowest BCUT2D eigenvalue weighted by atomic mass is 9.98. The lowest BCUT2D eigenvalue weighted by Crippen LogP contribution is -2.36. The van der Waals surface area contributed by atoms with Crippen LogP contribution in [0.1, 0.15) is 25.7 Å². The van der Waals surface area contributed by atoms with E-state index in [0.29, 0.717) is 17.3 Å². The van der Waals surface area contributed by atoms with Crippen LogP contribution in [0.5, 0.6) is 0 Å². The summed E-state index contributed by atoms with van der Waals surface area (Å²) in [5.41, 5.74) is -0.299. The highest BCUT2D eigenvalue weighted by atomic mass is 32.1. The van der Waals surface area contributed by atoms with Crippen LogP contribution < -0.4 is 11.1 Å². The number of benzene rings is 3. The Hall–Kier alpha value is -2.76. The van der Waals surface area contributed by atoms with Crippen LogP contribution in [0.2, 0.25) is 0 Å². The number of piperidine rings is 1. The van der Waals surface area contributed by atoms with Crippen molar-refractivity contribution in [1.82, 2.24) is 9.47 Å². The Balaban J connectivity index is 1.51. The molecule has 6 rings (SSSR count). The maximum absolute atomic E-state index is 13.4. The Kier molecular flexibility index (Phi) is 4.55. The summed E-state index contributed by atoms with van der Waals surface area (Å²) in [6.45, 7) is 3.70. The number of likely N-dealkylation sites (tertiary alicyclic amines) is 1. The first kappa shape index (κ1) is 19.0. The van der Waals surface area contributed by atoms with Crippen molar-refractivity contribution < 1.29 is 0 Å². The van der Waals surface area contributed by atoms with Gasteiger partial charge in [0.2, 0.25) is 0 Å². The highest BCUT2D eigenvalue weighted by molar-refractivity contribution is 7.25. The molecule has 0 saturated carbocycles. The van der Waals surface area contributed by atoms with E-state index in [-0.39, 0.29) is 11.1 Å². The van der Waals surface area contributed by atoms with Gasteiger partial charge in [-0.05, 0) is 73.9 Å². The van der Waals surface area contributed by atoms with E-state index in [1.807, 2.05) is 24.3 Å². The topological polar surface area (TPSA) is 42.3 Å². The standard InChI is InChI=1S/C26H24N2O2S/c29-25-19-10-9-18-17-7-2-3-8-21(17)31-22-12-11-20(23(19)24(18)22)26(30)28(25)16-6-15-27-13-4-1-5-14-27/h2-3,7-12H,1,4-6,13-16H2. The van der Waals surface area contributed by atoms with Gasteiger partial charge in [0.25, 0.3) is 11.1 Å². The van der Waals surface area contributed by atoms with E-state index >= 15 is 0 Å². The molecule has 0 N–H and O–H groups in total. The number of hydrogen-bond donors (Lipinski definition) is 0. The number of hydrogen-bond acceptors (Lipinski definition) is 4. The van der Waals surface area contributed by atoms with E-state index in [4.69, 9.17) is 0 Å². The van der Waals surface area contributed by atoms with Crippen LogP contribution in [0.3, 0.4) is 0 Å². The Morgan fingerprint density at radius 1 is 0.677 bits per heavy atom. The summed E-state index contributed by atoms with van der Waals surface area (Å²) in [5.74, 6) is 0. The lowest BCUT2D eigenvalue weighted by molar-refractivity contribution is 0.222. The zero-order valence-electron chi connectivity index (χ0n) is 17.4. The summed E-state index contributed by atoms with van der Waals surface area (Å²) in [7, 11) is 0. The average molecular weight is 429 g/mol. The molecule has 5 heteroatoms. The summed E-state index contributed by atoms with van der Waals surface area (Å²) in [6.07, 6.45) is 4.65. The smallest absolute Gasteiger partial charge is 0.261 e. The molecular formula is C26H24N2O2S. The molecule has 1 aliphatic heterocycles. The van der Waals surface area contributed by atoms with Crippen molar-refractivity contribution in [2.24, 2.45) is 0 Å². The molecular weight excluding hydrogens is 404 g/mol. The van der Waals surface area contributed by atoms with E-state index in [2.05, 4.69) is 29.2 Å². The number of fused-ring (bicyclic) bond motifs is 2. The van der Waals surface area contributed by atoms with Crippen molar-refractivity contribution >= 4 is 53.1 Å². The molecule has 4 nitrogen and oxygen atoms in total. The third kappa shape index (κ3) is 2.99. The normalized spacial score (nSPS) is 15.6. The largest absolute Gasteiger partial charge is 0.303 e. The Morgan fingerprint density at radius 3 is 2.19 bits per heavy atom. The van der Waals surface area contributed by atoms with Gasteiger partial charge in [-0.25, -0.2) is 0 Å². The molecule has 156 valence electrons. The van der Waals surface area contributed by atoms with Crippen LogP contribution in [0.15, 0.2) is 58.1 Å². The van der Waals surface area contributed by atoms with Gasteiger partial charge in [0, 0.05) is 37.5 Å². The molecule has 0 unspecified atom stereocenters. The fraction of sp³-hybridized carbons (Fsp3) is 0.308. The van der Waals surface area contributed by atoms with Crippen molar-refractivity contribution in [2.45, 2.75) is 32.2 Å². The fourth-order valence-corrected chi connectivity index (χ4v) is 6.37. The van der Waals surface area contributed by atoms with Gasteiger partial charge in [-0.15, -0.1) is 11.3 Å². The van der Waals surface area contributed by atoms with E-state index in [0.717, 1.165) is 46.9 Å². The van der Waals surface area contributed by atoms with Gasteiger partial charge in [-0.3, -0.25) is 14.2 Å². The van der Waals surface area contributed by atoms with Gasteiger partial charge in [0.1, 0.15) is 0 Å². The zero-order valence-corrected chi connectivity index (χ0v) is 18.2. The third-order valence-corrected chi connectivity index (χ3v) is 7.91. The number of nitrogens with zero attached hydrogens (tertiary/aromatic N) is 2. The summed E-state index contributed by atoms with van der Waals surface area (Å²) >= 11 is 1.72. The van der Waals surface area contributed by atoms with Crippen molar-refractivity contribution in [3.63, 3.8) is 0 Å². The average Bonchev–Trinajstić information content (AvgIpc) is 2.81. The highest BCUT2D eigenvalue weighted by Gasteiger charge is 2.18. The second-order valence-corrected chi connectivity index (χ2v) is 9.72. The van der Waals surface area contributed by atoms with Crippen molar-refractivity contribution in [3.8, 4) is 0 Å². The minimum atomic E-state index is -0.149. The van der Waals surface area contributed by atoms with Crippen molar-refractivity contribution in [1.29, 1.82) is 0 Å². The molecule has 3 heterocycles. The first-order chi connectivity index (χ1) is 15.2. The van der Waals surface area contributed by atoms with Gasteiger partial charge in [-0.1, -0.05) is 30.7 Å². The second kappa shape index (κ2) is 7.43. The molecule has 1 aliphatic rings. The van der Waals surface area contributed by atoms with Gasteiger partial charge in [0.15, 0.2) is 0 Å². The van der Waals surface area contributed by atoms with E-state index in [1.165, 1.54) is 33.9 Å². The SMILES string of the molecule is O=c1c2ccc3sc4ccccc4c4ccc(c(=O)n1CCCN1CCCCC1)c2c34. The first-order valence-corrected chi connectivity index (χ1v) is 12.0. The first-order valence-electron chi connectivity index (χ1n) is 11.2. The van der Waals surface area contributed by atoms with Crippen LogP contribution in [-0.2, 0) is 6.54 Å². The molecule has 0 bridgehead atoms. The van der Waals surface area contributed by atoms with Gasteiger partial charge < -0.3 is 4.90 Å². The molecule has 31 heavy (non-hydrogen) atoms. The Morgan fingerprint density at radius 2 is 1.39 bits per heavy atom. The maximum Gasteiger partial charge on any atom is 0.261 e. The lowest BCUT2D eigenvalue weighted by Gasteiger charge is -2.26. The van der Waals surface area contributed by atoms with E-state index in [9.17, 15) is 9.59 Å². The van der Waals surface area contributed by atoms with Gasteiger partial charge >= 0.3 is 0 Å². The fourth-order valence-electron chi connectivity index (χ4n) is 5.25. The summed E-state index contributed by atoms with van der Waals surface area (Å²) in [5, 5.41) is 5.49. The molecule has 1 saturated heterocycles. The highest BCUT2D eigenvalue weighted by Crippen LogP contribution is 2.39. The maximum atomic E-state index is 13.4. The monoisotopic (exact) mass is 428 g/mol. The summed E-state index contributed by atoms with van der Waals surface area (Å²) in [6, 6.07) is 16.3. The number of aromatic nitrogens is 1. The summed E-state index contributed by atoms with van der Waals surface area (Å²) < 4.78 is 3.80. The molecule has 1 fully saturated rings. The molecule has 5 aromatic rings. The van der Waals surface area contributed by atoms with Crippen LogP contribution in [0.25, 0.3) is 41.7 Å². The number of pyridine rings is 1. The van der Waals surface area contributed by atoms with Crippen LogP contribution in [-0.4, -0.2) is 29.1 Å². The predicted molar refractivity (Wildman–Crippen MR) is 131 cm³/mol. The third-order valence-electron chi connectivity index (χ3n) is 6.78. The Bertz CT molecular complexity index is 1510. The molecule has 0 radical (unpaired) electrons. The van der Waals surface area contributed by atoms with Crippen LogP contribution >= 0.6 is 11.3 Å². The molecule has 0 spiro atoms.